The Balaban J connectivity index is 1.88. The molecule has 0 saturated carbocycles. The lowest BCUT2D eigenvalue weighted by molar-refractivity contribution is 0.0951. The molecular formula is C19H23FN2O4S. The summed E-state index contributed by atoms with van der Waals surface area (Å²) in [4.78, 5) is 12.0. The highest BCUT2D eigenvalue weighted by atomic mass is 32.2. The van der Waals surface area contributed by atoms with E-state index in [1.54, 1.807) is 7.11 Å². The second kappa shape index (κ2) is 9.48. The van der Waals surface area contributed by atoms with Gasteiger partial charge in [0.25, 0.3) is 5.91 Å². The zero-order valence-electron chi connectivity index (χ0n) is 15.3. The minimum absolute atomic E-state index is 0.155. The first-order valence-electron chi connectivity index (χ1n) is 8.41. The summed E-state index contributed by atoms with van der Waals surface area (Å²) < 4.78 is 43.3. The topological polar surface area (TPSA) is 75.7 Å². The van der Waals surface area contributed by atoms with E-state index in [0.29, 0.717) is 18.5 Å². The number of ether oxygens (including phenoxy) is 1. The summed E-state index contributed by atoms with van der Waals surface area (Å²) in [5, 5.41) is 2.65. The fourth-order valence-electron chi connectivity index (χ4n) is 2.49. The van der Waals surface area contributed by atoms with Gasteiger partial charge in [-0.25, -0.2) is 17.1 Å². The van der Waals surface area contributed by atoms with Crippen LogP contribution in [0.2, 0.25) is 0 Å². The van der Waals surface area contributed by atoms with Gasteiger partial charge in [-0.3, -0.25) is 4.79 Å². The SMILES string of the molecule is COc1ccc(CCN(CCNC(=O)c2ccc(F)cc2)S(C)(=O)=O)cc1. The number of hydrogen-bond donors (Lipinski definition) is 1. The number of nitrogens with one attached hydrogen (secondary N) is 1. The maximum Gasteiger partial charge on any atom is 0.251 e. The summed E-state index contributed by atoms with van der Waals surface area (Å²) in [6.45, 7) is 0.616. The third-order valence-corrected chi connectivity index (χ3v) is 5.33. The van der Waals surface area contributed by atoms with Crippen molar-refractivity contribution in [3.63, 3.8) is 0 Å². The maximum atomic E-state index is 12.9. The quantitative estimate of drug-likeness (QED) is 0.707. The molecule has 27 heavy (non-hydrogen) atoms. The van der Waals surface area contributed by atoms with Crippen molar-refractivity contribution in [2.45, 2.75) is 6.42 Å². The van der Waals surface area contributed by atoms with Crippen LogP contribution < -0.4 is 10.1 Å². The van der Waals surface area contributed by atoms with Gasteiger partial charge in [0, 0.05) is 25.2 Å². The van der Waals surface area contributed by atoms with Gasteiger partial charge in [-0.2, -0.15) is 0 Å². The van der Waals surface area contributed by atoms with Crippen molar-refractivity contribution in [1.29, 1.82) is 0 Å². The molecule has 0 unspecified atom stereocenters. The molecule has 0 aromatic heterocycles. The largest absolute Gasteiger partial charge is 0.497 e. The second-order valence-electron chi connectivity index (χ2n) is 6.02. The molecule has 2 rings (SSSR count). The number of hydrogen-bond acceptors (Lipinski definition) is 4. The van der Waals surface area contributed by atoms with Gasteiger partial charge in [-0.1, -0.05) is 12.1 Å². The van der Waals surface area contributed by atoms with Crippen molar-refractivity contribution >= 4 is 15.9 Å². The molecule has 0 aliphatic heterocycles. The van der Waals surface area contributed by atoms with Crippen LogP contribution in [0.1, 0.15) is 15.9 Å². The normalized spacial score (nSPS) is 11.4. The van der Waals surface area contributed by atoms with Crippen molar-refractivity contribution in [3.05, 3.63) is 65.5 Å². The molecule has 0 radical (unpaired) electrons. The molecule has 8 heteroatoms. The van der Waals surface area contributed by atoms with E-state index in [-0.39, 0.29) is 19.0 Å². The Morgan fingerprint density at radius 1 is 1.07 bits per heavy atom. The van der Waals surface area contributed by atoms with Crippen molar-refractivity contribution in [1.82, 2.24) is 9.62 Å². The van der Waals surface area contributed by atoms with Crippen molar-refractivity contribution < 1.29 is 22.3 Å². The minimum Gasteiger partial charge on any atom is -0.497 e. The van der Waals surface area contributed by atoms with E-state index in [1.807, 2.05) is 24.3 Å². The Morgan fingerprint density at radius 2 is 1.70 bits per heavy atom. The van der Waals surface area contributed by atoms with Crippen LogP contribution in [0.4, 0.5) is 4.39 Å². The van der Waals surface area contributed by atoms with Crippen LogP contribution in [0.15, 0.2) is 48.5 Å². The monoisotopic (exact) mass is 394 g/mol. The smallest absolute Gasteiger partial charge is 0.251 e. The highest BCUT2D eigenvalue weighted by molar-refractivity contribution is 7.88. The van der Waals surface area contributed by atoms with Crippen LogP contribution in [0.25, 0.3) is 0 Å². The molecule has 2 aromatic rings. The molecule has 1 amide bonds. The molecule has 0 atom stereocenters. The zero-order valence-corrected chi connectivity index (χ0v) is 16.1. The van der Waals surface area contributed by atoms with Gasteiger partial charge in [0.05, 0.1) is 13.4 Å². The number of methoxy groups -OCH3 is 1. The van der Waals surface area contributed by atoms with Crippen LogP contribution in [-0.4, -0.2) is 51.6 Å². The van der Waals surface area contributed by atoms with E-state index in [1.165, 1.54) is 28.6 Å². The molecule has 146 valence electrons. The molecule has 0 heterocycles. The molecular weight excluding hydrogens is 371 g/mol. The van der Waals surface area contributed by atoms with Crippen molar-refractivity contribution in [3.8, 4) is 5.75 Å². The van der Waals surface area contributed by atoms with Gasteiger partial charge in [-0.05, 0) is 48.4 Å². The Kier molecular flexibility index (Phi) is 7.32. The minimum atomic E-state index is -3.41. The summed E-state index contributed by atoms with van der Waals surface area (Å²) in [7, 11) is -1.82. The number of nitrogens with zero attached hydrogens (tertiary/aromatic N) is 1. The molecule has 0 aliphatic rings. The highest BCUT2D eigenvalue weighted by Gasteiger charge is 2.16. The van der Waals surface area contributed by atoms with Crippen molar-refractivity contribution in [2.24, 2.45) is 0 Å². The van der Waals surface area contributed by atoms with E-state index in [4.69, 9.17) is 4.74 Å². The average molecular weight is 394 g/mol. The molecule has 0 saturated heterocycles. The van der Waals surface area contributed by atoms with Gasteiger partial charge in [0.1, 0.15) is 11.6 Å². The Hall–Kier alpha value is -2.45. The predicted molar refractivity (Wildman–Crippen MR) is 102 cm³/mol. The number of amides is 1. The molecule has 0 fully saturated rings. The molecule has 2 aromatic carbocycles. The summed E-state index contributed by atoms with van der Waals surface area (Å²) in [5.41, 5.74) is 1.31. The van der Waals surface area contributed by atoms with Crippen LogP contribution in [0.5, 0.6) is 5.75 Å². The standard InChI is InChI=1S/C19H23FN2O4S/c1-26-18-9-3-15(4-10-18)11-13-22(27(2,24)25)14-12-21-19(23)16-5-7-17(20)8-6-16/h3-10H,11-14H2,1-2H3,(H,21,23). The van der Waals surface area contributed by atoms with Crippen LogP contribution in [0, 0.1) is 5.82 Å². The third kappa shape index (κ3) is 6.65. The first-order valence-corrected chi connectivity index (χ1v) is 10.3. The zero-order chi connectivity index (χ0) is 19.9. The Morgan fingerprint density at radius 3 is 2.26 bits per heavy atom. The van der Waals surface area contributed by atoms with E-state index in [9.17, 15) is 17.6 Å². The fraction of sp³-hybridized carbons (Fsp3) is 0.316. The number of carbonyl (C=O) groups excluding carboxylic acids is 1. The van der Waals surface area contributed by atoms with Crippen molar-refractivity contribution in [2.75, 3.05) is 33.0 Å². The van der Waals surface area contributed by atoms with Gasteiger partial charge >= 0.3 is 0 Å². The Bertz CT molecular complexity index is 852. The lowest BCUT2D eigenvalue weighted by Crippen LogP contribution is -2.39. The first kappa shape index (κ1) is 20.9. The van der Waals surface area contributed by atoms with E-state index in [0.717, 1.165) is 17.6 Å². The van der Waals surface area contributed by atoms with Gasteiger partial charge in [-0.15, -0.1) is 0 Å². The number of sulfonamides is 1. The summed E-state index contributed by atoms with van der Waals surface area (Å²) >= 11 is 0. The second-order valence-corrected chi connectivity index (χ2v) is 8.01. The third-order valence-electron chi connectivity index (χ3n) is 4.03. The van der Waals surface area contributed by atoms with Crippen LogP contribution in [-0.2, 0) is 16.4 Å². The number of rotatable bonds is 9. The lowest BCUT2D eigenvalue weighted by Gasteiger charge is -2.20. The predicted octanol–water partition coefficient (Wildman–Crippen LogP) is 2.07. The van der Waals surface area contributed by atoms with Gasteiger partial charge in [0.15, 0.2) is 0 Å². The van der Waals surface area contributed by atoms with Crippen LogP contribution >= 0.6 is 0 Å². The lowest BCUT2D eigenvalue weighted by atomic mass is 10.1. The van der Waals surface area contributed by atoms with Crippen LogP contribution in [0.3, 0.4) is 0 Å². The first-order chi connectivity index (χ1) is 12.8. The molecule has 0 spiro atoms. The summed E-state index contributed by atoms with van der Waals surface area (Å²) in [5.74, 6) is -0.0610. The molecule has 0 bridgehead atoms. The van der Waals surface area contributed by atoms with E-state index < -0.39 is 15.8 Å². The van der Waals surface area contributed by atoms with E-state index in [2.05, 4.69) is 5.32 Å². The molecule has 6 nitrogen and oxygen atoms in total. The fourth-order valence-corrected chi connectivity index (χ4v) is 3.33. The number of carbonyl (C=O) groups is 1. The maximum absolute atomic E-state index is 12.9. The highest BCUT2D eigenvalue weighted by Crippen LogP contribution is 2.12. The Labute approximate surface area is 159 Å². The summed E-state index contributed by atoms with van der Waals surface area (Å²) in [6, 6.07) is 12.6. The number of benzene rings is 2. The average Bonchev–Trinajstić information content (AvgIpc) is 2.64. The summed E-state index contributed by atoms with van der Waals surface area (Å²) in [6.07, 6.45) is 1.69. The molecule has 0 aliphatic carbocycles. The van der Waals surface area contributed by atoms with Gasteiger partial charge in [0.2, 0.25) is 10.0 Å². The number of halogens is 1. The van der Waals surface area contributed by atoms with Gasteiger partial charge < -0.3 is 10.1 Å². The van der Waals surface area contributed by atoms with E-state index >= 15 is 0 Å². The molecule has 1 N–H and O–H groups in total.